The maximum Gasteiger partial charge on any atom is 0.270 e. The zero-order chi connectivity index (χ0) is 31.5. The Morgan fingerprint density at radius 1 is 0.977 bits per heavy atom. The van der Waals surface area contributed by atoms with E-state index in [1.54, 1.807) is 31.2 Å². The van der Waals surface area contributed by atoms with E-state index in [2.05, 4.69) is 31.2 Å². The highest BCUT2D eigenvalue weighted by Gasteiger charge is 2.16. The van der Waals surface area contributed by atoms with Crippen molar-refractivity contribution in [3.63, 3.8) is 0 Å². The van der Waals surface area contributed by atoms with E-state index in [1.807, 2.05) is 29.6 Å². The van der Waals surface area contributed by atoms with Crippen LogP contribution in [0.15, 0.2) is 81.7 Å². The number of aliphatic hydroxyl groups is 1. The largest absolute Gasteiger partial charge is 0.506 e. The van der Waals surface area contributed by atoms with Gasteiger partial charge in [-0.25, -0.2) is 0 Å². The van der Waals surface area contributed by atoms with E-state index in [1.165, 1.54) is 29.7 Å². The quantitative estimate of drug-likeness (QED) is 0.0812. The molecule has 0 atom stereocenters. The summed E-state index contributed by atoms with van der Waals surface area (Å²) in [7, 11) is 0. The molecule has 0 spiro atoms. The van der Waals surface area contributed by atoms with Crippen molar-refractivity contribution in [3.05, 3.63) is 105 Å². The summed E-state index contributed by atoms with van der Waals surface area (Å²) in [6.07, 6.45) is 2.28. The van der Waals surface area contributed by atoms with Gasteiger partial charge in [-0.1, -0.05) is 52.3 Å². The lowest BCUT2D eigenvalue weighted by Gasteiger charge is -2.07. The fraction of sp³-hybridized carbons (Fsp3) is 0.242. The van der Waals surface area contributed by atoms with Crippen molar-refractivity contribution in [3.8, 4) is 16.2 Å². The van der Waals surface area contributed by atoms with Crippen LogP contribution in [0.2, 0.25) is 0 Å². The van der Waals surface area contributed by atoms with E-state index in [9.17, 15) is 19.5 Å². The fourth-order valence-corrected chi connectivity index (χ4v) is 5.48. The molecule has 1 amide bonds. The SMILES string of the molecule is CC(=NCC(=O)c1ccc(C(=O)NCc2ccc(C(=O)CCCOCCO)cc2)nc1)c1csc(-c2ccc(Br)cc2)c1O. The molecule has 0 fully saturated rings. The van der Waals surface area contributed by atoms with Crippen LogP contribution in [0.4, 0.5) is 0 Å². The molecule has 2 heterocycles. The van der Waals surface area contributed by atoms with Gasteiger partial charge in [0.2, 0.25) is 0 Å². The van der Waals surface area contributed by atoms with E-state index in [0.717, 1.165) is 20.5 Å². The standard InChI is InChI=1S/C33H32BrN3O6S/c1-21(27-20-44-32(31(27)41)24-8-11-26(34)12-9-24)35-19-30(40)25-10-13-28(36-18-25)33(42)37-17-22-4-6-23(7-5-22)29(39)3-2-15-43-16-14-38/h4-13,18,20,38,41H,2-3,14-17,19H2,1H3,(H,37,42). The Hall–Kier alpha value is -4.03. The average molecular weight is 679 g/mol. The van der Waals surface area contributed by atoms with Gasteiger partial charge in [-0.15, -0.1) is 11.3 Å². The molecule has 2 aromatic heterocycles. The molecule has 0 unspecified atom stereocenters. The second-order valence-corrected chi connectivity index (χ2v) is 11.6. The van der Waals surface area contributed by atoms with Gasteiger partial charge >= 0.3 is 0 Å². The molecule has 11 heteroatoms. The number of nitrogens with one attached hydrogen (secondary N) is 1. The number of hydrogen-bond donors (Lipinski definition) is 3. The molecular weight excluding hydrogens is 646 g/mol. The van der Waals surface area contributed by atoms with E-state index >= 15 is 0 Å². The average Bonchev–Trinajstić information content (AvgIpc) is 3.43. The summed E-state index contributed by atoms with van der Waals surface area (Å²) in [4.78, 5) is 46.9. The van der Waals surface area contributed by atoms with Crippen LogP contribution >= 0.6 is 27.3 Å². The maximum atomic E-state index is 12.7. The van der Waals surface area contributed by atoms with Gasteiger partial charge in [-0.3, -0.25) is 24.4 Å². The molecule has 228 valence electrons. The predicted octanol–water partition coefficient (Wildman–Crippen LogP) is 5.87. The Kier molecular flexibility index (Phi) is 12.1. The molecule has 4 aromatic rings. The van der Waals surface area contributed by atoms with Gasteiger partial charge in [0, 0.05) is 58.0 Å². The van der Waals surface area contributed by atoms with E-state index in [-0.39, 0.29) is 49.3 Å². The molecule has 0 bridgehead atoms. The Bertz CT molecular complexity index is 1620. The number of halogens is 1. The third-order valence-electron chi connectivity index (χ3n) is 6.70. The number of aromatic nitrogens is 1. The lowest BCUT2D eigenvalue weighted by Crippen LogP contribution is -2.24. The van der Waals surface area contributed by atoms with E-state index < -0.39 is 5.91 Å². The number of aliphatic imine (C=N–C) groups is 1. The van der Waals surface area contributed by atoms with Crippen LogP contribution in [0.5, 0.6) is 5.75 Å². The first-order valence-electron chi connectivity index (χ1n) is 13.9. The van der Waals surface area contributed by atoms with Crippen LogP contribution in [0.1, 0.15) is 62.1 Å². The van der Waals surface area contributed by atoms with Crippen LogP contribution in [0.3, 0.4) is 0 Å². The summed E-state index contributed by atoms with van der Waals surface area (Å²) in [6.45, 7) is 2.51. The molecule has 0 saturated heterocycles. The minimum Gasteiger partial charge on any atom is -0.506 e. The highest BCUT2D eigenvalue weighted by molar-refractivity contribution is 9.10. The second-order valence-electron chi connectivity index (χ2n) is 9.83. The van der Waals surface area contributed by atoms with Crippen molar-refractivity contribution in [2.24, 2.45) is 4.99 Å². The van der Waals surface area contributed by atoms with Crippen LogP contribution in [-0.4, -0.2) is 64.7 Å². The fourth-order valence-electron chi connectivity index (χ4n) is 4.20. The summed E-state index contributed by atoms with van der Waals surface area (Å²) in [5, 5.41) is 24.1. The van der Waals surface area contributed by atoms with Gasteiger partial charge in [0.05, 0.1) is 18.1 Å². The van der Waals surface area contributed by atoms with Crippen molar-refractivity contribution >= 4 is 50.5 Å². The number of ketones is 2. The highest BCUT2D eigenvalue weighted by atomic mass is 79.9. The first kappa shape index (κ1) is 32.9. The third kappa shape index (κ3) is 8.99. The Morgan fingerprint density at radius 3 is 2.39 bits per heavy atom. The van der Waals surface area contributed by atoms with Gasteiger partial charge in [-0.05, 0) is 48.7 Å². The second kappa shape index (κ2) is 16.2. The van der Waals surface area contributed by atoms with Gasteiger partial charge in [0.15, 0.2) is 11.6 Å². The molecule has 4 rings (SSSR count). The molecular formula is C33H32BrN3O6S. The summed E-state index contributed by atoms with van der Waals surface area (Å²) in [5.41, 5.74) is 3.90. The number of Topliss-reactive ketones (excluding diaryl/α,β-unsaturated/α-hetero) is 2. The lowest BCUT2D eigenvalue weighted by atomic mass is 10.0. The molecule has 44 heavy (non-hydrogen) atoms. The Balaban J connectivity index is 1.26. The van der Waals surface area contributed by atoms with Crippen LogP contribution in [0, 0.1) is 0 Å². The zero-order valence-electron chi connectivity index (χ0n) is 24.1. The minimum atomic E-state index is -0.393. The van der Waals surface area contributed by atoms with Crippen molar-refractivity contribution in [2.75, 3.05) is 26.4 Å². The topological polar surface area (TPSA) is 138 Å². The minimum absolute atomic E-state index is 0.00308. The molecule has 0 saturated carbocycles. The van der Waals surface area contributed by atoms with Gasteiger partial charge in [-0.2, -0.15) is 0 Å². The first-order chi connectivity index (χ1) is 21.3. The zero-order valence-corrected chi connectivity index (χ0v) is 26.5. The smallest absolute Gasteiger partial charge is 0.270 e. The number of amides is 1. The normalized spacial score (nSPS) is 11.4. The molecule has 0 aliphatic carbocycles. The number of benzene rings is 2. The molecule has 3 N–H and O–H groups in total. The lowest BCUT2D eigenvalue weighted by molar-refractivity contribution is 0.0831. The van der Waals surface area contributed by atoms with Crippen molar-refractivity contribution in [1.82, 2.24) is 10.3 Å². The summed E-state index contributed by atoms with van der Waals surface area (Å²) >= 11 is 4.81. The number of carbonyl (C=O) groups is 3. The Labute approximate surface area is 267 Å². The number of rotatable bonds is 15. The molecule has 2 aromatic carbocycles. The molecule has 9 nitrogen and oxygen atoms in total. The monoisotopic (exact) mass is 677 g/mol. The van der Waals surface area contributed by atoms with E-state index in [4.69, 9.17) is 9.84 Å². The molecule has 0 radical (unpaired) electrons. The summed E-state index contributed by atoms with van der Waals surface area (Å²) in [5.74, 6) is -0.526. The first-order valence-corrected chi connectivity index (χ1v) is 15.6. The van der Waals surface area contributed by atoms with Gasteiger partial charge < -0.3 is 20.3 Å². The summed E-state index contributed by atoms with van der Waals surface area (Å²) < 4.78 is 6.12. The molecule has 0 aliphatic rings. The number of aromatic hydroxyl groups is 1. The third-order valence-corrected chi connectivity index (χ3v) is 8.24. The number of hydrogen-bond acceptors (Lipinski definition) is 9. The number of nitrogens with zero attached hydrogens (tertiary/aromatic N) is 2. The number of aliphatic hydroxyl groups excluding tert-OH is 1. The summed E-state index contributed by atoms with van der Waals surface area (Å²) in [6, 6.07) is 17.7. The highest BCUT2D eigenvalue weighted by Crippen LogP contribution is 2.39. The van der Waals surface area contributed by atoms with Crippen LogP contribution in [-0.2, 0) is 11.3 Å². The molecule has 0 aliphatic heterocycles. The van der Waals surface area contributed by atoms with Gasteiger partial charge in [0.25, 0.3) is 5.91 Å². The number of pyridine rings is 1. The van der Waals surface area contributed by atoms with Crippen molar-refractivity contribution < 1.29 is 29.3 Å². The number of carbonyl (C=O) groups excluding carboxylic acids is 3. The van der Waals surface area contributed by atoms with E-state index in [0.29, 0.717) is 41.9 Å². The maximum absolute atomic E-state index is 12.7. The van der Waals surface area contributed by atoms with Gasteiger partial charge in [0.1, 0.15) is 18.0 Å². The van der Waals surface area contributed by atoms with Crippen molar-refractivity contribution in [2.45, 2.75) is 26.3 Å². The number of ether oxygens (including phenoxy) is 1. The predicted molar refractivity (Wildman–Crippen MR) is 174 cm³/mol. The number of thiophene rings is 1. The van der Waals surface area contributed by atoms with Crippen LogP contribution in [0.25, 0.3) is 10.4 Å². The Morgan fingerprint density at radius 2 is 1.70 bits per heavy atom. The van der Waals surface area contributed by atoms with Crippen molar-refractivity contribution in [1.29, 1.82) is 0 Å². The van der Waals surface area contributed by atoms with Crippen LogP contribution < -0.4 is 5.32 Å².